The average Bonchev–Trinajstić information content (AvgIpc) is 2.63. The molecule has 0 aromatic rings. The van der Waals surface area contributed by atoms with Gasteiger partial charge in [0.05, 0.1) is 0 Å². The van der Waals surface area contributed by atoms with Crippen LogP contribution in [0, 0.1) is 0 Å². The number of aliphatic carboxylic acids is 1. The van der Waals surface area contributed by atoms with Crippen molar-refractivity contribution in [3.05, 3.63) is 0 Å². The summed E-state index contributed by atoms with van der Waals surface area (Å²) in [6.07, 6.45) is 1.04. The Morgan fingerprint density at radius 1 is 1.38 bits per heavy atom. The third kappa shape index (κ3) is 2.71. The Kier molecular flexibility index (Phi) is 3.87. The van der Waals surface area contributed by atoms with Gasteiger partial charge in [-0.2, -0.15) is 0 Å². The van der Waals surface area contributed by atoms with Gasteiger partial charge in [0.25, 0.3) is 0 Å². The Labute approximate surface area is 93.6 Å². The minimum atomic E-state index is -1.05. The van der Waals surface area contributed by atoms with Gasteiger partial charge in [0, 0.05) is 12.6 Å². The number of carboxylic acids is 1. The van der Waals surface area contributed by atoms with Gasteiger partial charge in [0.2, 0.25) is 0 Å². The molecule has 6 nitrogen and oxygen atoms in total. The molecule has 1 aliphatic heterocycles. The molecule has 0 aromatic carbocycles. The van der Waals surface area contributed by atoms with Gasteiger partial charge < -0.3 is 15.3 Å². The number of amides is 2. The van der Waals surface area contributed by atoms with E-state index >= 15 is 0 Å². The minimum absolute atomic E-state index is 0.137. The topological polar surface area (TPSA) is 86.7 Å². The lowest BCUT2D eigenvalue weighted by Gasteiger charge is -2.21. The first kappa shape index (κ1) is 12.5. The summed E-state index contributed by atoms with van der Waals surface area (Å²) in [6, 6.07) is -0.993. The van der Waals surface area contributed by atoms with E-state index in [0.717, 1.165) is 4.90 Å². The van der Waals surface area contributed by atoms with Crippen LogP contribution in [0.4, 0.5) is 0 Å². The molecule has 6 heteroatoms. The lowest BCUT2D eigenvalue weighted by atomic mass is 10.2. The van der Waals surface area contributed by atoms with E-state index in [2.05, 4.69) is 5.32 Å². The van der Waals surface area contributed by atoms with E-state index in [1.165, 1.54) is 0 Å². The number of nitrogens with one attached hydrogen (secondary N) is 1. The molecule has 1 rings (SSSR count). The predicted molar refractivity (Wildman–Crippen MR) is 55.6 cm³/mol. The lowest BCUT2D eigenvalue weighted by Crippen LogP contribution is -2.49. The maximum Gasteiger partial charge on any atom is 0.326 e. The van der Waals surface area contributed by atoms with Gasteiger partial charge in [-0.1, -0.05) is 0 Å². The molecule has 0 bridgehead atoms. The highest BCUT2D eigenvalue weighted by atomic mass is 16.4. The number of likely N-dealkylation sites (tertiary alicyclic amines) is 1. The molecule has 0 radical (unpaired) electrons. The van der Waals surface area contributed by atoms with E-state index in [-0.39, 0.29) is 6.04 Å². The van der Waals surface area contributed by atoms with E-state index in [0.29, 0.717) is 19.4 Å². The van der Waals surface area contributed by atoms with E-state index in [1.54, 1.807) is 13.8 Å². The maximum atomic E-state index is 11.6. The molecule has 1 unspecified atom stereocenters. The molecular weight excluding hydrogens is 212 g/mol. The van der Waals surface area contributed by atoms with Crippen molar-refractivity contribution < 1.29 is 19.5 Å². The standard InChI is InChI=1S/C10H16N2O4/c1-6(2)11-8(13)9(14)12-5-3-4-7(12)10(15)16/h6-7H,3-5H2,1-2H3,(H,11,13)(H,15,16). The molecule has 1 saturated heterocycles. The van der Waals surface area contributed by atoms with Crippen LogP contribution in [0.2, 0.25) is 0 Å². The van der Waals surface area contributed by atoms with Gasteiger partial charge in [0.1, 0.15) is 6.04 Å². The summed E-state index contributed by atoms with van der Waals surface area (Å²) in [7, 11) is 0. The Balaban J connectivity index is 2.66. The van der Waals surface area contributed by atoms with E-state index in [9.17, 15) is 14.4 Å². The SMILES string of the molecule is CC(C)NC(=O)C(=O)N1CCCC1C(=O)O. The lowest BCUT2D eigenvalue weighted by molar-refractivity contribution is -0.152. The van der Waals surface area contributed by atoms with Crippen molar-refractivity contribution in [1.29, 1.82) is 0 Å². The van der Waals surface area contributed by atoms with Crippen molar-refractivity contribution in [2.24, 2.45) is 0 Å². The normalized spacial score (nSPS) is 19.9. The smallest absolute Gasteiger partial charge is 0.326 e. The summed E-state index contributed by atoms with van der Waals surface area (Å²) in [6.45, 7) is 3.81. The summed E-state index contributed by atoms with van der Waals surface area (Å²) >= 11 is 0. The molecule has 1 fully saturated rings. The first-order valence-electron chi connectivity index (χ1n) is 5.27. The summed E-state index contributed by atoms with van der Waals surface area (Å²) in [5.74, 6) is -2.54. The molecule has 90 valence electrons. The average molecular weight is 228 g/mol. The molecule has 2 amide bonds. The molecule has 2 N–H and O–H groups in total. The Morgan fingerprint density at radius 2 is 2.00 bits per heavy atom. The zero-order valence-corrected chi connectivity index (χ0v) is 9.40. The summed E-state index contributed by atoms with van der Waals surface area (Å²) in [5.41, 5.74) is 0. The zero-order valence-electron chi connectivity index (χ0n) is 9.40. The molecule has 16 heavy (non-hydrogen) atoms. The van der Waals surface area contributed by atoms with Gasteiger partial charge in [-0.3, -0.25) is 9.59 Å². The molecule has 1 heterocycles. The minimum Gasteiger partial charge on any atom is -0.480 e. The highest BCUT2D eigenvalue weighted by Crippen LogP contribution is 2.17. The summed E-state index contributed by atoms with van der Waals surface area (Å²) in [4.78, 5) is 35.0. The van der Waals surface area contributed by atoms with Gasteiger partial charge in [-0.25, -0.2) is 4.79 Å². The summed E-state index contributed by atoms with van der Waals surface area (Å²) < 4.78 is 0. The Morgan fingerprint density at radius 3 is 2.50 bits per heavy atom. The Bertz CT molecular complexity index is 314. The molecule has 1 atom stereocenters. The van der Waals surface area contributed by atoms with Crippen LogP contribution in [-0.2, 0) is 14.4 Å². The van der Waals surface area contributed by atoms with Crippen LogP contribution >= 0.6 is 0 Å². The van der Waals surface area contributed by atoms with Crippen LogP contribution in [0.3, 0.4) is 0 Å². The van der Waals surface area contributed by atoms with Crippen LogP contribution < -0.4 is 5.32 Å². The largest absolute Gasteiger partial charge is 0.480 e. The number of hydrogen-bond acceptors (Lipinski definition) is 3. The van der Waals surface area contributed by atoms with Crippen molar-refractivity contribution in [1.82, 2.24) is 10.2 Å². The first-order chi connectivity index (χ1) is 7.43. The molecule has 0 saturated carbocycles. The number of carboxylic acid groups (broad SMARTS) is 1. The third-order valence-electron chi connectivity index (χ3n) is 2.41. The molecule has 0 aliphatic carbocycles. The fourth-order valence-electron chi connectivity index (χ4n) is 1.72. The highest BCUT2D eigenvalue weighted by Gasteiger charge is 2.36. The fraction of sp³-hybridized carbons (Fsp3) is 0.700. The number of carbonyl (C=O) groups is 3. The monoisotopic (exact) mass is 228 g/mol. The van der Waals surface area contributed by atoms with Crippen LogP contribution in [0.15, 0.2) is 0 Å². The van der Waals surface area contributed by atoms with Crippen molar-refractivity contribution in [2.45, 2.75) is 38.8 Å². The van der Waals surface area contributed by atoms with E-state index < -0.39 is 23.8 Å². The number of hydrogen-bond donors (Lipinski definition) is 2. The number of rotatable bonds is 2. The molecular formula is C10H16N2O4. The zero-order chi connectivity index (χ0) is 12.3. The van der Waals surface area contributed by atoms with Crippen molar-refractivity contribution in [2.75, 3.05) is 6.54 Å². The second-order valence-electron chi connectivity index (χ2n) is 4.12. The van der Waals surface area contributed by atoms with Gasteiger partial charge in [0.15, 0.2) is 0 Å². The molecule has 0 spiro atoms. The first-order valence-corrected chi connectivity index (χ1v) is 5.27. The number of nitrogens with zero attached hydrogens (tertiary/aromatic N) is 1. The summed E-state index contributed by atoms with van der Waals surface area (Å²) in [5, 5.41) is 11.3. The van der Waals surface area contributed by atoms with E-state index in [1.807, 2.05) is 0 Å². The maximum absolute atomic E-state index is 11.6. The third-order valence-corrected chi connectivity index (χ3v) is 2.41. The fourth-order valence-corrected chi connectivity index (χ4v) is 1.72. The van der Waals surface area contributed by atoms with Gasteiger partial charge in [-0.05, 0) is 26.7 Å². The van der Waals surface area contributed by atoms with Crippen LogP contribution in [0.25, 0.3) is 0 Å². The van der Waals surface area contributed by atoms with Crippen LogP contribution in [-0.4, -0.2) is 46.4 Å². The van der Waals surface area contributed by atoms with Crippen LogP contribution in [0.5, 0.6) is 0 Å². The highest BCUT2D eigenvalue weighted by molar-refractivity contribution is 6.35. The van der Waals surface area contributed by atoms with Crippen molar-refractivity contribution in [3.63, 3.8) is 0 Å². The Hall–Kier alpha value is -1.59. The van der Waals surface area contributed by atoms with Crippen LogP contribution in [0.1, 0.15) is 26.7 Å². The quantitative estimate of drug-likeness (QED) is 0.629. The van der Waals surface area contributed by atoms with Gasteiger partial charge in [-0.15, -0.1) is 0 Å². The molecule has 0 aromatic heterocycles. The second-order valence-corrected chi connectivity index (χ2v) is 4.12. The molecule has 1 aliphatic rings. The van der Waals surface area contributed by atoms with E-state index in [4.69, 9.17) is 5.11 Å². The second kappa shape index (κ2) is 4.96. The van der Waals surface area contributed by atoms with Gasteiger partial charge >= 0.3 is 17.8 Å². The van der Waals surface area contributed by atoms with Crippen molar-refractivity contribution in [3.8, 4) is 0 Å². The predicted octanol–water partition coefficient (Wildman–Crippen LogP) is -0.413. The van der Waals surface area contributed by atoms with Crippen molar-refractivity contribution >= 4 is 17.8 Å². The number of carbonyl (C=O) groups excluding carboxylic acids is 2.